The fourth-order valence-electron chi connectivity index (χ4n) is 2.10. The molecule has 0 aromatic heterocycles. The van der Waals surface area contributed by atoms with Crippen molar-refractivity contribution in [1.29, 1.82) is 0 Å². The highest BCUT2D eigenvalue weighted by Gasteiger charge is 2.15. The van der Waals surface area contributed by atoms with Gasteiger partial charge in [-0.15, -0.1) is 0 Å². The summed E-state index contributed by atoms with van der Waals surface area (Å²) < 4.78 is 26.5. The third kappa shape index (κ3) is 4.04. The number of hydrogen-bond acceptors (Lipinski definition) is 1. The van der Waals surface area contributed by atoms with Crippen LogP contribution in [0.25, 0.3) is 0 Å². The van der Waals surface area contributed by atoms with E-state index in [1.807, 2.05) is 37.3 Å². The Balaban J connectivity index is 1.97. The van der Waals surface area contributed by atoms with Gasteiger partial charge in [0.05, 0.1) is 6.04 Å². The maximum atomic E-state index is 13.6. The Morgan fingerprint density at radius 1 is 1.18 bits per heavy atom. The van der Waals surface area contributed by atoms with Gasteiger partial charge in [0.15, 0.2) is 0 Å². The maximum absolute atomic E-state index is 13.6. The first kappa shape index (κ1) is 15.9. The highest BCUT2D eigenvalue weighted by molar-refractivity contribution is 5.74. The molecule has 0 heterocycles. The predicted molar refractivity (Wildman–Crippen MR) is 81.2 cm³/mol. The number of halogens is 2. The van der Waals surface area contributed by atoms with E-state index < -0.39 is 11.6 Å². The first-order valence-electron chi connectivity index (χ1n) is 6.98. The van der Waals surface area contributed by atoms with Crippen molar-refractivity contribution >= 4 is 6.03 Å². The number of carbonyl (C=O) groups is 1. The Labute approximate surface area is 128 Å². The monoisotopic (exact) mass is 304 g/mol. The van der Waals surface area contributed by atoms with Crippen molar-refractivity contribution in [2.75, 3.05) is 7.05 Å². The molecular weight excluding hydrogens is 286 g/mol. The van der Waals surface area contributed by atoms with Gasteiger partial charge in [0, 0.05) is 25.2 Å². The number of nitrogens with one attached hydrogen (secondary N) is 1. The second kappa shape index (κ2) is 7.02. The first-order valence-corrected chi connectivity index (χ1v) is 6.98. The van der Waals surface area contributed by atoms with Crippen molar-refractivity contribution in [3.05, 3.63) is 71.3 Å². The van der Waals surface area contributed by atoms with Gasteiger partial charge in [-0.05, 0) is 18.6 Å². The molecule has 0 fully saturated rings. The molecule has 0 radical (unpaired) electrons. The zero-order valence-corrected chi connectivity index (χ0v) is 12.5. The van der Waals surface area contributed by atoms with Crippen LogP contribution >= 0.6 is 0 Å². The average Bonchev–Trinajstić information content (AvgIpc) is 2.50. The molecule has 5 heteroatoms. The Morgan fingerprint density at radius 2 is 1.86 bits per heavy atom. The van der Waals surface area contributed by atoms with Crippen molar-refractivity contribution in [3.8, 4) is 0 Å². The Kier molecular flexibility index (Phi) is 5.09. The van der Waals surface area contributed by atoms with Crippen LogP contribution in [0.1, 0.15) is 24.1 Å². The van der Waals surface area contributed by atoms with E-state index in [9.17, 15) is 13.6 Å². The molecule has 1 unspecified atom stereocenters. The van der Waals surface area contributed by atoms with Gasteiger partial charge in [-0.1, -0.05) is 36.4 Å². The van der Waals surface area contributed by atoms with Gasteiger partial charge >= 0.3 is 6.03 Å². The van der Waals surface area contributed by atoms with Crippen LogP contribution in [0.4, 0.5) is 13.6 Å². The summed E-state index contributed by atoms with van der Waals surface area (Å²) in [6.07, 6.45) is 0. The van der Waals surface area contributed by atoms with Gasteiger partial charge < -0.3 is 10.2 Å². The van der Waals surface area contributed by atoms with Crippen LogP contribution in [-0.2, 0) is 6.54 Å². The van der Waals surface area contributed by atoms with E-state index in [4.69, 9.17) is 0 Å². The number of amides is 2. The number of carbonyl (C=O) groups excluding carboxylic acids is 1. The first-order chi connectivity index (χ1) is 10.5. The minimum atomic E-state index is -0.657. The lowest BCUT2D eigenvalue weighted by molar-refractivity contribution is 0.203. The Bertz CT molecular complexity index is 646. The van der Waals surface area contributed by atoms with Crippen LogP contribution in [0, 0.1) is 11.6 Å². The summed E-state index contributed by atoms with van der Waals surface area (Å²) in [6.45, 7) is 1.94. The van der Waals surface area contributed by atoms with E-state index in [0.29, 0.717) is 0 Å². The van der Waals surface area contributed by atoms with Crippen molar-refractivity contribution in [2.45, 2.75) is 19.5 Å². The molecular formula is C17H18F2N2O. The molecule has 2 aromatic rings. The van der Waals surface area contributed by atoms with Crippen LogP contribution in [-0.4, -0.2) is 18.0 Å². The Hall–Kier alpha value is -2.43. The summed E-state index contributed by atoms with van der Waals surface area (Å²) in [4.78, 5) is 13.5. The second-order valence-corrected chi connectivity index (χ2v) is 5.17. The normalized spacial score (nSPS) is 11.8. The molecule has 22 heavy (non-hydrogen) atoms. The van der Waals surface area contributed by atoms with Gasteiger partial charge in [-0.3, -0.25) is 0 Å². The predicted octanol–water partition coefficient (Wildman–Crippen LogP) is 3.87. The molecule has 2 rings (SSSR count). The fraction of sp³-hybridized carbons (Fsp3) is 0.235. The molecule has 0 aliphatic heterocycles. The summed E-state index contributed by atoms with van der Waals surface area (Å²) >= 11 is 0. The second-order valence-electron chi connectivity index (χ2n) is 5.17. The molecule has 0 aliphatic carbocycles. The van der Waals surface area contributed by atoms with Crippen LogP contribution in [0.2, 0.25) is 0 Å². The smallest absolute Gasteiger partial charge is 0.317 e. The highest BCUT2D eigenvalue weighted by Crippen LogP contribution is 2.14. The molecule has 3 nitrogen and oxygen atoms in total. The standard InChI is InChI=1S/C17H18F2N2O/c1-12(13-6-4-3-5-7-13)20-17(22)21(2)11-14-8-9-15(18)10-16(14)19/h3-10,12H,11H2,1-2H3,(H,20,22). The third-order valence-corrected chi connectivity index (χ3v) is 3.41. The van der Waals surface area contributed by atoms with E-state index >= 15 is 0 Å². The number of benzene rings is 2. The largest absolute Gasteiger partial charge is 0.331 e. The minimum Gasteiger partial charge on any atom is -0.331 e. The molecule has 0 bridgehead atoms. The van der Waals surface area contributed by atoms with E-state index in [0.717, 1.165) is 11.6 Å². The quantitative estimate of drug-likeness (QED) is 0.914. The molecule has 1 atom stereocenters. The van der Waals surface area contributed by atoms with Crippen LogP contribution in [0.15, 0.2) is 48.5 Å². The molecule has 2 amide bonds. The van der Waals surface area contributed by atoms with Crippen LogP contribution in [0.5, 0.6) is 0 Å². The lowest BCUT2D eigenvalue weighted by Gasteiger charge is -2.22. The maximum Gasteiger partial charge on any atom is 0.317 e. The lowest BCUT2D eigenvalue weighted by Crippen LogP contribution is -2.38. The summed E-state index contributed by atoms with van der Waals surface area (Å²) in [5.74, 6) is -1.29. The van der Waals surface area contributed by atoms with Crippen molar-refractivity contribution in [2.24, 2.45) is 0 Å². The molecule has 2 aromatic carbocycles. The SMILES string of the molecule is CC(NC(=O)N(C)Cc1ccc(F)cc1F)c1ccccc1. The van der Waals surface area contributed by atoms with Crippen LogP contribution < -0.4 is 5.32 Å². The van der Waals surface area contributed by atoms with Gasteiger partial charge in [-0.2, -0.15) is 0 Å². The molecule has 0 aliphatic rings. The number of hydrogen-bond donors (Lipinski definition) is 1. The molecule has 116 valence electrons. The fourth-order valence-corrected chi connectivity index (χ4v) is 2.10. The summed E-state index contributed by atoms with van der Waals surface area (Å²) in [5, 5.41) is 2.84. The summed E-state index contributed by atoms with van der Waals surface area (Å²) in [7, 11) is 1.57. The number of urea groups is 1. The molecule has 0 saturated heterocycles. The zero-order chi connectivity index (χ0) is 16.1. The summed E-state index contributed by atoms with van der Waals surface area (Å²) in [5.41, 5.74) is 1.25. The van der Waals surface area contributed by atoms with E-state index in [-0.39, 0.29) is 24.2 Å². The zero-order valence-electron chi connectivity index (χ0n) is 12.5. The van der Waals surface area contributed by atoms with Gasteiger partial charge in [0.2, 0.25) is 0 Å². The van der Waals surface area contributed by atoms with Crippen LogP contribution in [0.3, 0.4) is 0 Å². The van der Waals surface area contributed by atoms with Crippen molar-refractivity contribution < 1.29 is 13.6 Å². The molecule has 1 N–H and O–H groups in total. The minimum absolute atomic E-state index is 0.0689. The van der Waals surface area contributed by atoms with Crippen molar-refractivity contribution in [3.63, 3.8) is 0 Å². The Morgan fingerprint density at radius 3 is 2.50 bits per heavy atom. The van der Waals surface area contributed by atoms with E-state index in [2.05, 4.69) is 5.32 Å². The summed E-state index contributed by atoms with van der Waals surface area (Å²) in [6, 6.07) is 12.4. The molecule has 0 spiro atoms. The van der Waals surface area contributed by atoms with E-state index in [1.54, 1.807) is 7.05 Å². The topological polar surface area (TPSA) is 32.3 Å². The van der Waals surface area contributed by atoms with Gasteiger partial charge in [0.25, 0.3) is 0 Å². The van der Waals surface area contributed by atoms with Gasteiger partial charge in [-0.25, -0.2) is 13.6 Å². The third-order valence-electron chi connectivity index (χ3n) is 3.41. The van der Waals surface area contributed by atoms with E-state index in [1.165, 1.54) is 17.0 Å². The molecule has 0 saturated carbocycles. The highest BCUT2D eigenvalue weighted by atomic mass is 19.1. The van der Waals surface area contributed by atoms with Crippen molar-refractivity contribution in [1.82, 2.24) is 10.2 Å². The van der Waals surface area contributed by atoms with Gasteiger partial charge in [0.1, 0.15) is 11.6 Å². The lowest BCUT2D eigenvalue weighted by atomic mass is 10.1. The number of nitrogens with zero attached hydrogens (tertiary/aromatic N) is 1. The average molecular weight is 304 g/mol. The number of rotatable bonds is 4.